The molecular formula is C22H27ClN2O3S. The number of anilines is 1. The Bertz CT molecular complexity index is 875. The summed E-state index contributed by atoms with van der Waals surface area (Å²) in [7, 11) is 3.92. The number of carbonyl (C=O) groups excluding carboxylic acids is 1. The normalized spacial score (nSPS) is 21.2. The first-order chi connectivity index (χ1) is 13.8. The molecule has 1 N–H and O–H groups in total. The van der Waals surface area contributed by atoms with Crippen molar-refractivity contribution in [3.05, 3.63) is 58.6 Å². The molecular weight excluding hydrogens is 408 g/mol. The van der Waals surface area contributed by atoms with Gasteiger partial charge in [0, 0.05) is 23.0 Å². The Hall–Kier alpha value is -1.73. The molecule has 156 valence electrons. The summed E-state index contributed by atoms with van der Waals surface area (Å²) < 4.78 is 5.35. The van der Waals surface area contributed by atoms with Crippen LogP contribution in [0.4, 0.5) is 5.69 Å². The van der Waals surface area contributed by atoms with Crippen LogP contribution in [0.1, 0.15) is 23.3 Å². The minimum atomic E-state index is -1.84. The van der Waals surface area contributed by atoms with Crippen LogP contribution in [0.15, 0.2) is 47.4 Å². The number of thioether (sulfide) groups is 1. The molecule has 0 bridgehead atoms. The maximum absolute atomic E-state index is 13.1. The van der Waals surface area contributed by atoms with Crippen molar-refractivity contribution in [2.24, 2.45) is 0 Å². The van der Waals surface area contributed by atoms with Crippen LogP contribution in [-0.2, 0) is 9.53 Å². The van der Waals surface area contributed by atoms with E-state index < -0.39 is 16.9 Å². The molecule has 1 aliphatic rings. The predicted octanol–water partition coefficient (Wildman–Crippen LogP) is 4.12. The Labute approximate surface area is 181 Å². The van der Waals surface area contributed by atoms with Crippen molar-refractivity contribution in [2.75, 3.05) is 38.7 Å². The van der Waals surface area contributed by atoms with Gasteiger partial charge in [0.2, 0.25) is 0 Å². The standard InChI is InChI=1S/C22H27ClN2O3S/c1-5-28-21(26)22(27)20(16-8-6-15(2)7-9-16)29-19-14-17(23)10-11-18(19)25(22)13-12-24(3)4/h6-11,14,20,27H,5,12-13H2,1-4H3. The van der Waals surface area contributed by atoms with Crippen LogP contribution in [0.3, 0.4) is 0 Å². The van der Waals surface area contributed by atoms with Crippen molar-refractivity contribution >= 4 is 35.0 Å². The summed E-state index contributed by atoms with van der Waals surface area (Å²) in [6.45, 7) is 5.07. The van der Waals surface area contributed by atoms with E-state index in [1.165, 1.54) is 11.8 Å². The highest BCUT2D eigenvalue weighted by Gasteiger charge is 2.55. The molecule has 2 unspecified atom stereocenters. The number of fused-ring (bicyclic) bond motifs is 1. The van der Waals surface area contributed by atoms with E-state index in [4.69, 9.17) is 16.3 Å². The molecule has 2 atom stereocenters. The van der Waals surface area contributed by atoms with Gasteiger partial charge in [-0.3, -0.25) is 0 Å². The molecule has 0 spiro atoms. The van der Waals surface area contributed by atoms with Crippen LogP contribution in [0, 0.1) is 6.92 Å². The van der Waals surface area contributed by atoms with Gasteiger partial charge in [-0.25, -0.2) is 4.79 Å². The van der Waals surface area contributed by atoms with Crippen LogP contribution in [0.25, 0.3) is 0 Å². The quantitative estimate of drug-likeness (QED) is 0.690. The van der Waals surface area contributed by atoms with Crippen molar-refractivity contribution in [1.29, 1.82) is 0 Å². The summed E-state index contributed by atoms with van der Waals surface area (Å²) in [4.78, 5) is 17.8. The number of aryl methyl sites for hydroxylation is 1. The number of benzene rings is 2. The summed E-state index contributed by atoms with van der Waals surface area (Å²) >= 11 is 7.69. The van der Waals surface area contributed by atoms with E-state index >= 15 is 0 Å². The number of aliphatic hydroxyl groups is 1. The van der Waals surface area contributed by atoms with Crippen molar-refractivity contribution < 1.29 is 14.6 Å². The van der Waals surface area contributed by atoms with Gasteiger partial charge >= 0.3 is 5.97 Å². The molecule has 0 fully saturated rings. The second-order valence-corrected chi connectivity index (χ2v) is 9.01. The SMILES string of the molecule is CCOC(=O)C1(O)C(c2ccc(C)cc2)Sc2cc(Cl)ccc2N1CCN(C)C. The lowest BCUT2D eigenvalue weighted by molar-refractivity contribution is -0.165. The number of hydrogen-bond acceptors (Lipinski definition) is 6. The first-order valence-electron chi connectivity index (χ1n) is 9.62. The molecule has 0 radical (unpaired) electrons. The zero-order chi connectivity index (χ0) is 21.2. The monoisotopic (exact) mass is 434 g/mol. The van der Waals surface area contributed by atoms with Crippen LogP contribution >= 0.6 is 23.4 Å². The smallest absolute Gasteiger partial charge is 0.361 e. The van der Waals surface area contributed by atoms with Crippen molar-refractivity contribution in [2.45, 2.75) is 29.7 Å². The number of esters is 1. The van der Waals surface area contributed by atoms with Crippen LogP contribution < -0.4 is 4.90 Å². The molecule has 1 aliphatic heterocycles. The molecule has 0 aromatic heterocycles. The van der Waals surface area contributed by atoms with Gasteiger partial charge in [-0.05, 0) is 51.7 Å². The Morgan fingerprint density at radius 3 is 2.59 bits per heavy atom. The lowest BCUT2D eigenvalue weighted by Crippen LogP contribution is -2.61. The van der Waals surface area contributed by atoms with E-state index in [0.29, 0.717) is 18.1 Å². The molecule has 29 heavy (non-hydrogen) atoms. The highest BCUT2D eigenvalue weighted by molar-refractivity contribution is 8.00. The van der Waals surface area contributed by atoms with Crippen molar-refractivity contribution in [3.8, 4) is 0 Å². The fraction of sp³-hybridized carbons (Fsp3) is 0.409. The molecule has 5 nitrogen and oxygen atoms in total. The molecule has 7 heteroatoms. The Kier molecular flexibility index (Phi) is 6.79. The molecule has 0 aliphatic carbocycles. The zero-order valence-corrected chi connectivity index (χ0v) is 18.8. The molecule has 0 saturated carbocycles. The molecule has 2 aromatic rings. The fourth-order valence-corrected chi connectivity index (χ4v) is 5.09. The van der Waals surface area contributed by atoms with Gasteiger partial charge in [-0.2, -0.15) is 0 Å². The Morgan fingerprint density at radius 2 is 1.97 bits per heavy atom. The maximum atomic E-state index is 13.1. The minimum absolute atomic E-state index is 0.196. The molecule has 0 amide bonds. The fourth-order valence-electron chi connectivity index (χ4n) is 3.43. The van der Waals surface area contributed by atoms with Gasteiger partial charge in [0.1, 0.15) is 0 Å². The van der Waals surface area contributed by atoms with E-state index in [9.17, 15) is 9.90 Å². The van der Waals surface area contributed by atoms with Gasteiger partial charge in [0.25, 0.3) is 5.72 Å². The van der Waals surface area contributed by atoms with Gasteiger partial charge in [-0.15, -0.1) is 11.8 Å². The number of rotatable bonds is 6. The summed E-state index contributed by atoms with van der Waals surface area (Å²) in [5.74, 6) is -0.641. The van der Waals surface area contributed by atoms with Crippen LogP contribution in [-0.4, -0.2) is 55.5 Å². The highest BCUT2D eigenvalue weighted by atomic mass is 35.5. The molecule has 3 rings (SSSR count). The number of carbonyl (C=O) groups is 1. The summed E-state index contributed by atoms with van der Waals surface area (Å²) in [6, 6.07) is 13.4. The number of ether oxygens (including phenoxy) is 1. The van der Waals surface area contributed by atoms with Gasteiger partial charge < -0.3 is 19.6 Å². The maximum Gasteiger partial charge on any atom is 0.361 e. The first kappa shape index (κ1) is 22.0. The minimum Gasteiger partial charge on any atom is -0.462 e. The number of likely N-dealkylation sites (N-methyl/N-ethyl adjacent to an activating group) is 1. The second kappa shape index (κ2) is 8.96. The highest BCUT2D eigenvalue weighted by Crippen LogP contribution is 2.54. The summed E-state index contributed by atoms with van der Waals surface area (Å²) in [5, 5.41) is 12.0. The average molecular weight is 435 g/mol. The largest absolute Gasteiger partial charge is 0.462 e. The lowest BCUT2D eigenvalue weighted by atomic mass is 9.97. The molecule has 0 saturated heterocycles. The molecule has 1 heterocycles. The summed E-state index contributed by atoms with van der Waals surface area (Å²) in [6.07, 6.45) is 0. The van der Waals surface area contributed by atoms with E-state index in [1.54, 1.807) is 17.9 Å². The third-order valence-corrected chi connectivity index (χ3v) is 6.61. The van der Waals surface area contributed by atoms with E-state index in [0.717, 1.165) is 21.7 Å². The van der Waals surface area contributed by atoms with Crippen LogP contribution in [0.5, 0.6) is 0 Å². The Balaban J connectivity index is 2.17. The lowest BCUT2D eigenvalue weighted by Gasteiger charge is -2.48. The molecule has 2 aromatic carbocycles. The van der Waals surface area contributed by atoms with Crippen molar-refractivity contribution in [1.82, 2.24) is 4.90 Å². The van der Waals surface area contributed by atoms with E-state index in [1.807, 2.05) is 62.3 Å². The van der Waals surface area contributed by atoms with Gasteiger partial charge in [-0.1, -0.05) is 41.4 Å². The number of hydrogen-bond donors (Lipinski definition) is 1. The van der Waals surface area contributed by atoms with Crippen LogP contribution in [0.2, 0.25) is 5.02 Å². The number of halogens is 1. The summed E-state index contributed by atoms with van der Waals surface area (Å²) in [5.41, 5.74) is 0.909. The zero-order valence-electron chi connectivity index (χ0n) is 17.2. The Morgan fingerprint density at radius 1 is 1.28 bits per heavy atom. The third kappa shape index (κ3) is 4.40. The topological polar surface area (TPSA) is 53.0 Å². The van der Waals surface area contributed by atoms with Crippen molar-refractivity contribution in [3.63, 3.8) is 0 Å². The predicted molar refractivity (Wildman–Crippen MR) is 119 cm³/mol. The van der Waals surface area contributed by atoms with E-state index in [-0.39, 0.29) is 6.61 Å². The number of nitrogens with zero attached hydrogens (tertiary/aromatic N) is 2. The van der Waals surface area contributed by atoms with Gasteiger partial charge in [0.15, 0.2) is 0 Å². The average Bonchev–Trinajstić information content (AvgIpc) is 2.67. The van der Waals surface area contributed by atoms with Gasteiger partial charge in [0.05, 0.1) is 17.5 Å². The second-order valence-electron chi connectivity index (χ2n) is 7.42. The first-order valence-corrected chi connectivity index (χ1v) is 10.9. The third-order valence-electron chi connectivity index (χ3n) is 4.96. The van der Waals surface area contributed by atoms with E-state index in [2.05, 4.69) is 0 Å².